The number of aliphatic imine (C=N–C) groups is 1. The van der Waals surface area contributed by atoms with E-state index in [2.05, 4.69) is 26.7 Å². The van der Waals surface area contributed by atoms with Gasteiger partial charge in [0.15, 0.2) is 0 Å². The van der Waals surface area contributed by atoms with Gasteiger partial charge in [0.2, 0.25) is 5.96 Å². The lowest BCUT2D eigenvalue weighted by Crippen LogP contribution is -2.36. The summed E-state index contributed by atoms with van der Waals surface area (Å²) in [5.74, 6) is 1.07. The Morgan fingerprint density at radius 2 is 1.55 bits per heavy atom. The second kappa shape index (κ2) is 10.2. The largest absolute Gasteiger partial charge is 0.497 e. The molecule has 0 fully saturated rings. The molecule has 7 nitrogen and oxygen atoms in total. The van der Waals surface area contributed by atoms with E-state index in [0.29, 0.717) is 29.6 Å². The number of pyridine rings is 1. The number of guanidine groups is 1. The van der Waals surface area contributed by atoms with Crippen molar-refractivity contribution in [3.63, 3.8) is 0 Å². The smallest absolute Gasteiger partial charge is 0.258 e. The van der Waals surface area contributed by atoms with Gasteiger partial charge in [-0.1, -0.05) is 6.07 Å². The third kappa shape index (κ3) is 6.30. The van der Waals surface area contributed by atoms with E-state index < -0.39 is 0 Å². The van der Waals surface area contributed by atoms with Crippen molar-refractivity contribution in [3.8, 4) is 11.5 Å². The summed E-state index contributed by atoms with van der Waals surface area (Å²) in [4.78, 5) is 21.6. The number of benzene rings is 2. The molecule has 160 valence electrons. The van der Waals surface area contributed by atoms with Crippen LogP contribution in [0, 0.1) is 13.8 Å². The highest BCUT2D eigenvalue weighted by atomic mass is 16.5. The first-order valence-electron chi connectivity index (χ1n) is 9.80. The lowest BCUT2D eigenvalue weighted by molar-refractivity contribution is 0.0976. The number of hydrogen-bond donors (Lipinski definition) is 2. The van der Waals surface area contributed by atoms with E-state index in [9.17, 15) is 4.79 Å². The number of amides is 1. The van der Waals surface area contributed by atoms with E-state index in [1.165, 1.54) is 0 Å². The molecule has 3 aromatic rings. The molecule has 3 rings (SSSR count). The Kier molecular flexibility index (Phi) is 7.22. The predicted octanol–water partition coefficient (Wildman–Crippen LogP) is 4.11. The zero-order chi connectivity index (χ0) is 22.2. The van der Waals surface area contributed by atoms with Crippen molar-refractivity contribution in [1.82, 2.24) is 10.3 Å². The Balaban J connectivity index is 1.87. The van der Waals surface area contributed by atoms with Crippen LogP contribution in [0.15, 0.2) is 65.9 Å². The third-order valence-corrected chi connectivity index (χ3v) is 4.50. The number of nitrogens with one attached hydrogen (secondary N) is 2. The van der Waals surface area contributed by atoms with Gasteiger partial charge in [-0.3, -0.25) is 15.1 Å². The van der Waals surface area contributed by atoms with Crippen LogP contribution >= 0.6 is 0 Å². The van der Waals surface area contributed by atoms with Gasteiger partial charge < -0.3 is 14.8 Å². The van der Waals surface area contributed by atoms with Crippen molar-refractivity contribution < 1.29 is 14.3 Å². The SMILES string of the molecule is COc1cc(OC)cc(C(=O)NC(=NCc2ccncc2)Nc2cc(C)cc(C)c2)c1. The molecule has 0 aliphatic carbocycles. The normalized spacial score (nSPS) is 11.0. The molecular weight excluding hydrogens is 392 g/mol. The van der Waals surface area contributed by atoms with Crippen LogP contribution in [0.5, 0.6) is 11.5 Å². The molecule has 2 N–H and O–H groups in total. The average molecular weight is 418 g/mol. The Labute approximate surface area is 182 Å². The van der Waals surface area contributed by atoms with Crippen LogP contribution < -0.4 is 20.1 Å². The Morgan fingerprint density at radius 3 is 2.13 bits per heavy atom. The number of aromatic nitrogens is 1. The summed E-state index contributed by atoms with van der Waals surface area (Å²) < 4.78 is 10.5. The predicted molar refractivity (Wildman–Crippen MR) is 122 cm³/mol. The van der Waals surface area contributed by atoms with Gasteiger partial charge >= 0.3 is 0 Å². The highest BCUT2D eigenvalue weighted by molar-refractivity contribution is 6.10. The van der Waals surface area contributed by atoms with E-state index in [4.69, 9.17) is 9.47 Å². The number of carbonyl (C=O) groups excluding carboxylic acids is 1. The summed E-state index contributed by atoms with van der Waals surface area (Å²) in [7, 11) is 3.08. The fraction of sp³-hybridized carbons (Fsp3) is 0.208. The van der Waals surface area contributed by atoms with Crippen molar-refractivity contribution in [1.29, 1.82) is 0 Å². The van der Waals surface area contributed by atoms with E-state index in [1.807, 2.05) is 38.1 Å². The topological polar surface area (TPSA) is 84.8 Å². The molecule has 0 saturated carbocycles. The summed E-state index contributed by atoms with van der Waals surface area (Å²) in [5, 5.41) is 6.10. The van der Waals surface area contributed by atoms with Gasteiger partial charge in [-0.15, -0.1) is 0 Å². The minimum absolute atomic E-state index is 0.331. The summed E-state index contributed by atoms with van der Waals surface area (Å²) in [6.07, 6.45) is 3.42. The van der Waals surface area contributed by atoms with Crippen LogP contribution in [0.1, 0.15) is 27.0 Å². The minimum Gasteiger partial charge on any atom is -0.497 e. The van der Waals surface area contributed by atoms with Crippen LogP contribution in [0.2, 0.25) is 0 Å². The fourth-order valence-electron chi connectivity index (χ4n) is 3.07. The summed E-state index contributed by atoms with van der Waals surface area (Å²) in [6, 6.07) is 14.8. The molecule has 0 unspecified atom stereocenters. The van der Waals surface area contributed by atoms with E-state index in [-0.39, 0.29) is 5.91 Å². The van der Waals surface area contributed by atoms with Crippen LogP contribution in [0.25, 0.3) is 0 Å². The second-order valence-corrected chi connectivity index (χ2v) is 7.08. The number of rotatable bonds is 6. The molecule has 1 amide bonds. The highest BCUT2D eigenvalue weighted by Crippen LogP contribution is 2.22. The lowest BCUT2D eigenvalue weighted by Gasteiger charge is -2.14. The van der Waals surface area contributed by atoms with E-state index in [1.54, 1.807) is 44.8 Å². The number of ether oxygens (including phenoxy) is 2. The molecule has 1 heterocycles. The molecule has 0 bridgehead atoms. The van der Waals surface area contributed by atoms with Gasteiger partial charge in [0.1, 0.15) is 11.5 Å². The standard InChI is InChI=1S/C24H26N4O3/c1-16-9-17(2)11-20(10-16)27-24(26-15-18-5-7-25-8-6-18)28-23(29)19-12-21(30-3)14-22(13-19)31-4/h5-14H,15H2,1-4H3,(H2,26,27,28,29). The Hall–Kier alpha value is -3.87. The maximum absolute atomic E-state index is 13.0. The Morgan fingerprint density at radius 1 is 0.935 bits per heavy atom. The zero-order valence-corrected chi connectivity index (χ0v) is 18.1. The van der Waals surface area contributed by atoms with Crippen LogP contribution in [-0.4, -0.2) is 31.1 Å². The van der Waals surface area contributed by atoms with Crippen molar-refractivity contribution in [3.05, 3.63) is 83.2 Å². The average Bonchev–Trinajstić information content (AvgIpc) is 2.77. The van der Waals surface area contributed by atoms with Gasteiger partial charge in [-0.05, 0) is 66.9 Å². The first kappa shape index (κ1) is 21.8. The molecule has 7 heteroatoms. The molecule has 31 heavy (non-hydrogen) atoms. The maximum Gasteiger partial charge on any atom is 0.258 e. The van der Waals surface area contributed by atoms with Crippen molar-refractivity contribution in [2.24, 2.45) is 4.99 Å². The quantitative estimate of drug-likeness (QED) is 0.465. The van der Waals surface area contributed by atoms with Crippen molar-refractivity contribution in [2.75, 3.05) is 19.5 Å². The van der Waals surface area contributed by atoms with Gasteiger partial charge in [-0.2, -0.15) is 0 Å². The van der Waals surface area contributed by atoms with Crippen LogP contribution in [0.4, 0.5) is 5.69 Å². The zero-order valence-electron chi connectivity index (χ0n) is 18.1. The van der Waals surface area contributed by atoms with E-state index in [0.717, 1.165) is 22.4 Å². The van der Waals surface area contributed by atoms with Gasteiger partial charge in [0, 0.05) is 29.7 Å². The molecule has 0 atom stereocenters. The van der Waals surface area contributed by atoms with Gasteiger partial charge in [0.05, 0.1) is 20.8 Å². The van der Waals surface area contributed by atoms with Crippen molar-refractivity contribution >= 4 is 17.6 Å². The third-order valence-electron chi connectivity index (χ3n) is 4.50. The molecule has 0 saturated heterocycles. The Bertz CT molecular complexity index is 1040. The molecule has 0 aliphatic heterocycles. The van der Waals surface area contributed by atoms with E-state index >= 15 is 0 Å². The van der Waals surface area contributed by atoms with Crippen LogP contribution in [0.3, 0.4) is 0 Å². The maximum atomic E-state index is 13.0. The monoisotopic (exact) mass is 418 g/mol. The lowest BCUT2D eigenvalue weighted by atomic mass is 10.1. The van der Waals surface area contributed by atoms with Gasteiger partial charge in [-0.25, -0.2) is 4.99 Å². The summed E-state index contributed by atoms with van der Waals surface area (Å²) >= 11 is 0. The number of aryl methyl sites for hydroxylation is 2. The molecule has 0 spiro atoms. The first-order valence-corrected chi connectivity index (χ1v) is 9.80. The number of methoxy groups -OCH3 is 2. The fourth-order valence-corrected chi connectivity index (χ4v) is 3.07. The molecule has 0 aliphatic rings. The molecule has 2 aromatic carbocycles. The van der Waals surface area contributed by atoms with Crippen LogP contribution in [-0.2, 0) is 6.54 Å². The second-order valence-electron chi connectivity index (χ2n) is 7.08. The first-order chi connectivity index (χ1) is 15.0. The van der Waals surface area contributed by atoms with Gasteiger partial charge in [0.25, 0.3) is 5.91 Å². The minimum atomic E-state index is -0.331. The molecule has 0 radical (unpaired) electrons. The highest BCUT2D eigenvalue weighted by Gasteiger charge is 2.13. The number of hydrogen-bond acceptors (Lipinski definition) is 5. The number of carbonyl (C=O) groups is 1. The summed E-state index contributed by atoms with van der Waals surface area (Å²) in [5.41, 5.74) is 4.44. The number of anilines is 1. The number of nitrogens with zero attached hydrogens (tertiary/aromatic N) is 2. The summed E-state index contributed by atoms with van der Waals surface area (Å²) in [6.45, 7) is 4.43. The molecular formula is C24H26N4O3. The molecule has 1 aromatic heterocycles. The van der Waals surface area contributed by atoms with Crippen molar-refractivity contribution in [2.45, 2.75) is 20.4 Å².